The van der Waals surface area contributed by atoms with Gasteiger partial charge in [0, 0.05) is 26.8 Å². The molecule has 3 aliphatic rings. The second-order valence-corrected chi connectivity index (χ2v) is 5.49. The van der Waals surface area contributed by atoms with Gasteiger partial charge < -0.3 is 20.3 Å². The minimum absolute atomic E-state index is 0.0250. The number of allylic oxidation sites excluding steroid dienone is 4. The zero-order valence-electron chi connectivity index (χ0n) is 14.2. The number of Topliss-reactive ketones (excluding diaryl/α,β-unsaturated/α-hetero) is 1. The van der Waals surface area contributed by atoms with Gasteiger partial charge in [-0.25, -0.2) is 9.59 Å². The fourth-order valence-electron chi connectivity index (χ4n) is 2.68. The highest BCUT2D eigenvalue weighted by Gasteiger charge is 2.39. The number of nitrogens with one attached hydrogen (secondary N) is 1. The summed E-state index contributed by atoms with van der Waals surface area (Å²) in [6, 6.07) is 0. The number of ether oxygens (including phenoxy) is 1. The van der Waals surface area contributed by atoms with Crippen molar-refractivity contribution in [1.29, 1.82) is 0 Å². The van der Waals surface area contributed by atoms with Gasteiger partial charge in [0.15, 0.2) is 11.5 Å². The van der Waals surface area contributed by atoms with Gasteiger partial charge in [-0.15, -0.1) is 0 Å². The Morgan fingerprint density at radius 3 is 2.46 bits per heavy atom. The number of hydrogen-bond donors (Lipinski definition) is 3. The van der Waals surface area contributed by atoms with Crippen LogP contribution in [0.3, 0.4) is 0 Å². The molecule has 0 bridgehead atoms. The molecular formula is C17H18N2O7. The number of carboxylic acid groups (broad SMARTS) is 2. The van der Waals surface area contributed by atoms with Gasteiger partial charge in [-0.1, -0.05) is 6.08 Å². The lowest BCUT2D eigenvalue weighted by Gasteiger charge is -2.36. The molecule has 1 heterocycles. The van der Waals surface area contributed by atoms with Crippen molar-refractivity contribution >= 4 is 23.8 Å². The Hall–Kier alpha value is -3.36. The van der Waals surface area contributed by atoms with E-state index in [4.69, 9.17) is 9.84 Å². The zero-order valence-corrected chi connectivity index (χ0v) is 14.2. The quantitative estimate of drug-likeness (QED) is 0.602. The summed E-state index contributed by atoms with van der Waals surface area (Å²) < 4.78 is 5.66. The van der Waals surface area contributed by atoms with E-state index >= 15 is 0 Å². The smallest absolute Gasteiger partial charge is 0.404 e. The Bertz CT molecular complexity index is 802. The number of nitrogens with zero attached hydrogens (tertiary/aromatic N) is 1. The van der Waals surface area contributed by atoms with Crippen LogP contribution in [-0.4, -0.2) is 45.9 Å². The van der Waals surface area contributed by atoms with Crippen LogP contribution >= 0.6 is 0 Å². The van der Waals surface area contributed by atoms with Crippen molar-refractivity contribution < 1.29 is 34.1 Å². The first-order valence-electron chi connectivity index (χ1n) is 7.78. The van der Waals surface area contributed by atoms with E-state index in [1.54, 1.807) is 6.08 Å². The van der Waals surface area contributed by atoms with Gasteiger partial charge in [0.2, 0.25) is 5.91 Å². The van der Waals surface area contributed by atoms with Gasteiger partial charge >= 0.3 is 12.1 Å². The Balaban J connectivity index is 0.000000431. The van der Waals surface area contributed by atoms with Crippen LogP contribution in [0.4, 0.5) is 4.79 Å². The lowest BCUT2D eigenvalue weighted by Crippen LogP contribution is -2.36. The van der Waals surface area contributed by atoms with Gasteiger partial charge in [-0.05, 0) is 18.6 Å². The van der Waals surface area contributed by atoms with Gasteiger partial charge in [0.05, 0.1) is 11.4 Å². The topological polar surface area (TPSA) is 133 Å². The first-order chi connectivity index (χ1) is 12.3. The number of carbonyl (C=O) groups is 4. The molecule has 2 aliphatic carbocycles. The second-order valence-electron chi connectivity index (χ2n) is 5.49. The van der Waals surface area contributed by atoms with E-state index in [1.165, 1.54) is 24.9 Å². The number of rotatable bonds is 1. The van der Waals surface area contributed by atoms with E-state index in [0.717, 1.165) is 6.42 Å². The molecule has 0 radical (unpaired) electrons. The van der Waals surface area contributed by atoms with Gasteiger partial charge in [0.25, 0.3) is 0 Å². The number of fused-ring (bicyclic) bond motifs is 1. The summed E-state index contributed by atoms with van der Waals surface area (Å²) >= 11 is 0. The van der Waals surface area contributed by atoms with Crippen molar-refractivity contribution in [3.63, 3.8) is 0 Å². The molecule has 0 unspecified atom stereocenters. The first-order valence-corrected chi connectivity index (χ1v) is 7.78. The molecule has 0 saturated heterocycles. The number of carbonyl (C=O) groups excluding carboxylic acids is 2. The fourth-order valence-corrected chi connectivity index (χ4v) is 2.68. The maximum absolute atomic E-state index is 12.0. The summed E-state index contributed by atoms with van der Waals surface area (Å²) in [6.45, 7) is 1.40. The molecule has 26 heavy (non-hydrogen) atoms. The Labute approximate surface area is 148 Å². The number of carboxylic acids is 1. The van der Waals surface area contributed by atoms with Crippen LogP contribution in [0.25, 0.3) is 0 Å². The third-order valence-corrected chi connectivity index (χ3v) is 3.77. The van der Waals surface area contributed by atoms with Gasteiger partial charge in [-0.2, -0.15) is 0 Å². The SMILES string of the molecule is CC(=O)N1C2=CCC(=O)C(C(=O)O)=C2OC2=C1C=CCC2.CNC(=O)O. The van der Waals surface area contributed by atoms with Crippen molar-refractivity contribution in [1.82, 2.24) is 10.2 Å². The van der Waals surface area contributed by atoms with Crippen LogP contribution in [0.1, 0.15) is 26.2 Å². The van der Waals surface area contributed by atoms with Crippen LogP contribution in [0.2, 0.25) is 0 Å². The molecule has 1 aliphatic heterocycles. The van der Waals surface area contributed by atoms with E-state index in [1.807, 2.05) is 11.4 Å². The average Bonchev–Trinajstić information content (AvgIpc) is 2.59. The fraction of sp³-hybridized carbons (Fsp3) is 0.294. The molecule has 9 nitrogen and oxygen atoms in total. The van der Waals surface area contributed by atoms with Crippen LogP contribution in [-0.2, 0) is 19.1 Å². The molecular weight excluding hydrogens is 344 g/mol. The van der Waals surface area contributed by atoms with E-state index in [9.17, 15) is 24.3 Å². The summed E-state index contributed by atoms with van der Waals surface area (Å²) in [5.74, 6) is -1.60. The summed E-state index contributed by atoms with van der Waals surface area (Å²) in [4.78, 5) is 45.8. The number of ketones is 1. The van der Waals surface area contributed by atoms with Crippen molar-refractivity contribution in [2.75, 3.05) is 7.05 Å². The Morgan fingerprint density at radius 1 is 1.27 bits per heavy atom. The lowest BCUT2D eigenvalue weighted by atomic mass is 9.96. The van der Waals surface area contributed by atoms with Crippen LogP contribution in [0, 0.1) is 0 Å². The Morgan fingerprint density at radius 2 is 1.92 bits per heavy atom. The molecule has 0 aromatic heterocycles. The summed E-state index contributed by atoms with van der Waals surface area (Å²) in [6.07, 6.45) is 5.51. The largest absolute Gasteiger partial charge is 0.477 e. The maximum atomic E-state index is 12.0. The number of aliphatic carboxylic acids is 1. The molecule has 3 N–H and O–H groups in total. The van der Waals surface area contributed by atoms with Crippen molar-refractivity contribution in [3.05, 3.63) is 46.7 Å². The van der Waals surface area contributed by atoms with E-state index in [-0.39, 0.29) is 23.7 Å². The normalized spacial score (nSPS) is 18.0. The number of amides is 2. The summed E-state index contributed by atoms with van der Waals surface area (Å²) in [5, 5.41) is 18.8. The third-order valence-electron chi connectivity index (χ3n) is 3.77. The molecule has 0 fully saturated rings. The molecule has 3 rings (SSSR count). The molecule has 0 spiro atoms. The second kappa shape index (κ2) is 7.68. The minimum atomic E-state index is -1.33. The minimum Gasteiger partial charge on any atom is -0.477 e. The standard InChI is InChI=1S/C15H13NO5.C2H5NO2/c1-8(17)16-9-4-2-3-5-12(9)21-14-10(16)6-7-11(18)13(14)15(19)20;1-3-2(4)5/h2,4,6H,3,5,7H2,1H3,(H,19,20);3H,1H3,(H,4,5). The molecule has 9 heteroatoms. The summed E-state index contributed by atoms with van der Waals surface area (Å²) in [7, 11) is 1.35. The molecule has 0 saturated carbocycles. The Kier molecular flexibility index (Phi) is 5.61. The van der Waals surface area contributed by atoms with E-state index < -0.39 is 17.8 Å². The van der Waals surface area contributed by atoms with E-state index in [0.29, 0.717) is 23.6 Å². The third kappa shape index (κ3) is 3.66. The zero-order chi connectivity index (χ0) is 19.4. The summed E-state index contributed by atoms with van der Waals surface area (Å²) in [5.41, 5.74) is 0.562. The van der Waals surface area contributed by atoms with Gasteiger partial charge in [0.1, 0.15) is 11.3 Å². The van der Waals surface area contributed by atoms with Crippen LogP contribution in [0.5, 0.6) is 0 Å². The van der Waals surface area contributed by atoms with Crippen LogP contribution in [0.15, 0.2) is 46.7 Å². The molecule has 138 valence electrons. The van der Waals surface area contributed by atoms with E-state index in [2.05, 4.69) is 0 Å². The molecule has 2 amide bonds. The number of hydrogen-bond acceptors (Lipinski definition) is 5. The monoisotopic (exact) mass is 362 g/mol. The molecule has 0 atom stereocenters. The van der Waals surface area contributed by atoms with Crippen LogP contribution < -0.4 is 5.32 Å². The highest BCUT2D eigenvalue weighted by molar-refractivity contribution is 6.19. The first kappa shape index (κ1) is 19.0. The highest BCUT2D eigenvalue weighted by atomic mass is 16.5. The highest BCUT2D eigenvalue weighted by Crippen LogP contribution is 2.40. The van der Waals surface area contributed by atoms with Gasteiger partial charge in [-0.3, -0.25) is 14.5 Å². The molecule has 0 aromatic carbocycles. The lowest BCUT2D eigenvalue weighted by molar-refractivity contribution is -0.135. The predicted molar refractivity (Wildman–Crippen MR) is 88.5 cm³/mol. The maximum Gasteiger partial charge on any atom is 0.404 e. The van der Waals surface area contributed by atoms with Crippen molar-refractivity contribution in [2.24, 2.45) is 0 Å². The van der Waals surface area contributed by atoms with Crippen molar-refractivity contribution in [2.45, 2.75) is 26.2 Å². The molecule has 0 aromatic rings. The van der Waals surface area contributed by atoms with Crippen molar-refractivity contribution in [3.8, 4) is 0 Å². The predicted octanol–water partition coefficient (Wildman–Crippen LogP) is 1.51. The average molecular weight is 362 g/mol.